The van der Waals surface area contributed by atoms with E-state index >= 15 is 0 Å². The van der Waals surface area contributed by atoms with Crippen LogP contribution in [0.5, 0.6) is 5.75 Å². The van der Waals surface area contributed by atoms with Crippen LogP contribution in [0.3, 0.4) is 0 Å². The highest BCUT2D eigenvalue weighted by atomic mass is 16.5. The van der Waals surface area contributed by atoms with Crippen LogP contribution in [0.2, 0.25) is 0 Å². The predicted octanol–water partition coefficient (Wildman–Crippen LogP) is 3.41. The summed E-state index contributed by atoms with van der Waals surface area (Å²) in [6, 6.07) is 4.23. The van der Waals surface area contributed by atoms with E-state index in [0.717, 1.165) is 25.7 Å². The molecular weight excluding hydrogens is 474 g/mol. The van der Waals surface area contributed by atoms with Crippen molar-refractivity contribution >= 4 is 23.7 Å². The molecule has 0 aromatic heterocycles. The van der Waals surface area contributed by atoms with Crippen LogP contribution in [0.15, 0.2) is 18.2 Å². The third-order valence-electron chi connectivity index (χ3n) is 7.08. The predicted molar refractivity (Wildman–Crippen MR) is 143 cm³/mol. The van der Waals surface area contributed by atoms with Gasteiger partial charge in [0, 0.05) is 37.3 Å². The number of anilines is 1. The molecule has 0 saturated heterocycles. The average Bonchev–Trinajstić information content (AvgIpc) is 2.86. The fraction of sp³-hybridized carbons (Fsp3) is 0.667. The van der Waals surface area contributed by atoms with Crippen molar-refractivity contribution in [1.29, 1.82) is 0 Å². The number of urea groups is 2. The zero-order valence-electron chi connectivity index (χ0n) is 22.8. The van der Waals surface area contributed by atoms with Gasteiger partial charge < -0.3 is 35.6 Å². The van der Waals surface area contributed by atoms with Crippen LogP contribution >= 0.6 is 0 Å². The van der Waals surface area contributed by atoms with Gasteiger partial charge in [0.15, 0.2) is 0 Å². The number of carbonyl (C=O) groups is 3. The molecule has 3 atom stereocenters. The van der Waals surface area contributed by atoms with Crippen molar-refractivity contribution in [3.63, 3.8) is 0 Å². The van der Waals surface area contributed by atoms with E-state index in [9.17, 15) is 19.5 Å². The first-order valence-corrected chi connectivity index (χ1v) is 13.4. The topological polar surface area (TPSA) is 123 Å². The minimum atomic E-state index is -0.408. The van der Waals surface area contributed by atoms with Gasteiger partial charge in [0.25, 0.3) is 5.91 Å². The summed E-state index contributed by atoms with van der Waals surface area (Å²) in [7, 11) is 1.76. The number of likely N-dealkylation sites (N-methyl/N-ethyl adjacent to an activating group) is 1. The van der Waals surface area contributed by atoms with Gasteiger partial charge in [-0.2, -0.15) is 0 Å². The third-order valence-corrected chi connectivity index (χ3v) is 7.08. The molecule has 1 heterocycles. The van der Waals surface area contributed by atoms with Gasteiger partial charge in [0.05, 0.1) is 24.8 Å². The van der Waals surface area contributed by atoms with E-state index in [-0.39, 0.29) is 48.7 Å². The number of ether oxygens (including phenoxy) is 1. The molecule has 1 aromatic rings. The van der Waals surface area contributed by atoms with E-state index < -0.39 is 6.04 Å². The summed E-state index contributed by atoms with van der Waals surface area (Å²) in [5, 5.41) is 18.5. The Hall–Kier alpha value is -3.01. The summed E-state index contributed by atoms with van der Waals surface area (Å²) in [5.41, 5.74) is 0.758. The second-order valence-electron chi connectivity index (χ2n) is 10.8. The number of hydrogen-bond donors (Lipinski definition) is 4. The number of aliphatic hydroxyl groups is 1. The van der Waals surface area contributed by atoms with Crippen molar-refractivity contribution in [3.8, 4) is 5.75 Å². The Kier molecular flexibility index (Phi) is 10.0. The Morgan fingerprint density at radius 3 is 2.54 bits per heavy atom. The van der Waals surface area contributed by atoms with E-state index in [1.165, 1.54) is 6.42 Å². The van der Waals surface area contributed by atoms with Crippen molar-refractivity contribution in [2.24, 2.45) is 5.92 Å². The Balaban J connectivity index is 1.82. The molecule has 0 spiro atoms. The molecule has 10 nitrogen and oxygen atoms in total. The molecule has 37 heavy (non-hydrogen) atoms. The average molecular weight is 518 g/mol. The molecule has 2 aliphatic rings. The quantitative estimate of drug-likeness (QED) is 0.441. The molecule has 1 fully saturated rings. The molecule has 1 saturated carbocycles. The first kappa shape index (κ1) is 28.6. The minimum absolute atomic E-state index is 0.0373. The highest BCUT2D eigenvalue weighted by Crippen LogP contribution is 2.30. The minimum Gasteiger partial charge on any atom is -0.487 e. The lowest BCUT2D eigenvalue weighted by molar-refractivity contribution is 0.0366. The molecule has 206 valence electrons. The number of hydrogen-bond acceptors (Lipinski definition) is 5. The molecule has 3 rings (SSSR count). The number of nitrogens with one attached hydrogen (secondary N) is 3. The number of amides is 5. The summed E-state index contributed by atoms with van der Waals surface area (Å²) >= 11 is 0. The molecule has 0 radical (unpaired) electrons. The number of rotatable bonds is 7. The van der Waals surface area contributed by atoms with Crippen molar-refractivity contribution in [1.82, 2.24) is 20.4 Å². The van der Waals surface area contributed by atoms with E-state index in [2.05, 4.69) is 16.0 Å². The highest BCUT2D eigenvalue weighted by Gasteiger charge is 2.34. The van der Waals surface area contributed by atoms with Gasteiger partial charge in [-0.1, -0.05) is 26.2 Å². The summed E-state index contributed by atoms with van der Waals surface area (Å²) in [6.45, 7) is 8.01. The van der Waals surface area contributed by atoms with Crippen LogP contribution in [0, 0.1) is 5.92 Å². The van der Waals surface area contributed by atoms with Crippen LogP contribution in [-0.4, -0.2) is 83.8 Å². The summed E-state index contributed by atoms with van der Waals surface area (Å²) in [4.78, 5) is 41.9. The molecule has 5 amide bonds. The third kappa shape index (κ3) is 7.74. The lowest BCUT2D eigenvalue weighted by Gasteiger charge is -2.38. The maximum Gasteiger partial charge on any atom is 0.319 e. The van der Waals surface area contributed by atoms with E-state index in [0.29, 0.717) is 30.1 Å². The molecule has 4 N–H and O–H groups in total. The van der Waals surface area contributed by atoms with Gasteiger partial charge in [-0.3, -0.25) is 4.79 Å². The number of benzene rings is 1. The first-order chi connectivity index (χ1) is 17.6. The largest absolute Gasteiger partial charge is 0.487 e. The van der Waals surface area contributed by atoms with Gasteiger partial charge in [-0.25, -0.2) is 9.59 Å². The van der Waals surface area contributed by atoms with Crippen LogP contribution in [0.1, 0.15) is 70.2 Å². The molecule has 1 aromatic carbocycles. The fourth-order valence-electron chi connectivity index (χ4n) is 4.83. The highest BCUT2D eigenvalue weighted by molar-refractivity contribution is 5.99. The molecule has 1 aliphatic carbocycles. The van der Waals surface area contributed by atoms with E-state index in [4.69, 9.17) is 4.74 Å². The normalized spacial score (nSPS) is 21.3. The Morgan fingerprint density at radius 2 is 1.89 bits per heavy atom. The van der Waals surface area contributed by atoms with E-state index in [1.54, 1.807) is 42.0 Å². The zero-order chi connectivity index (χ0) is 27.1. The lowest BCUT2D eigenvalue weighted by Crippen LogP contribution is -2.52. The number of nitrogens with zero attached hydrogens (tertiary/aromatic N) is 2. The number of carbonyl (C=O) groups excluding carboxylic acids is 3. The van der Waals surface area contributed by atoms with Crippen LogP contribution < -0.4 is 20.7 Å². The van der Waals surface area contributed by atoms with Gasteiger partial charge in [-0.15, -0.1) is 0 Å². The van der Waals surface area contributed by atoms with E-state index in [1.807, 2.05) is 20.8 Å². The fourth-order valence-corrected chi connectivity index (χ4v) is 4.83. The second kappa shape index (κ2) is 13.0. The van der Waals surface area contributed by atoms with Gasteiger partial charge in [0.2, 0.25) is 0 Å². The van der Waals surface area contributed by atoms with Gasteiger partial charge >= 0.3 is 12.1 Å². The number of aliphatic hydroxyl groups excluding tert-OH is 1. The summed E-state index contributed by atoms with van der Waals surface area (Å²) in [5.74, 6) is -0.00332. The summed E-state index contributed by atoms with van der Waals surface area (Å²) in [6.07, 6.45) is 5.12. The van der Waals surface area contributed by atoms with Crippen molar-refractivity contribution in [3.05, 3.63) is 23.8 Å². The van der Waals surface area contributed by atoms with Crippen molar-refractivity contribution in [2.75, 3.05) is 32.1 Å². The SMILES string of the molecule is CC(C)NC(=O)Nc1ccc2c(c1)C(=O)N([C@H](C)CO)C[C@H](C)[C@@H](CN(C)C(=O)NC1CCCCC1)O2. The van der Waals surface area contributed by atoms with Gasteiger partial charge in [-0.05, 0) is 51.8 Å². The second-order valence-corrected chi connectivity index (χ2v) is 10.8. The van der Waals surface area contributed by atoms with Crippen molar-refractivity contribution < 1.29 is 24.2 Å². The van der Waals surface area contributed by atoms with Crippen molar-refractivity contribution in [2.45, 2.75) is 84.0 Å². The van der Waals surface area contributed by atoms with Crippen LogP contribution in [0.25, 0.3) is 0 Å². The molecule has 1 aliphatic heterocycles. The smallest absolute Gasteiger partial charge is 0.319 e. The maximum absolute atomic E-state index is 13.5. The Bertz CT molecular complexity index is 949. The zero-order valence-corrected chi connectivity index (χ0v) is 22.8. The molecule has 0 unspecified atom stereocenters. The number of fused-ring (bicyclic) bond motifs is 1. The Labute approximate surface area is 220 Å². The summed E-state index contributed by atoms with van der Waals surface area (Å²) < 4.78 is 6.36. The molecule has 10 heteroatoms. The standard InChI is InChI=1S/C27H43N5O5/c1-17(2)28-26(35)29-21-11-12-23-22(13-21)25(34)32(19(4)16-33)14-18(3)24(37-23)15-31(5)27(36)30-20-9-7-6-8-10-20/h11-13,17-20,24,33H,6-10,14-16H2,1-5H3,(H,30,36)(H2,28,29,35)/t18-,19+,24+/m0/s1. The van der Waals surface area contributed by atoms with Gasteiger partial charge in [0.1, 0.15) is 11.9 Å². The molecule has 0 bridgehead atoms. The monoisotopic (exact) mass is 517 g/mol. The molecular formula is C27H43N5O5. The maximum atomic E-state index is 13.5. The van der Waals surface area contributed by atoms with Crippen LogP contribution in [-0.2, 0) is 0 Å². The van der Waals surface area contributed by atoms with Crippen LogP contribution in [0.4, 0.5) is 15.3 Å². The Morgan fingerprint density at radius 1 is 1.19 bits per heavy atom. The first-order valence-electron chi connectivity index (χ1n) is 13.4. The lowest BCUT2D eigenvalue weighted by atomic mass is 9.96.